The summed E-state index contributed by atoms with van der Waals surface area (Å²) in [5, 5.41) is 15.2. The Bertz CT molecular complexity index is 908. The second kappa shape index (κ2) is 6.77. The molecule has 0 fully saturated rings. The first-order valence-corrected chi connectivity index (χ1v) is 7.72. The van der Waals surface area contributed by atoms with Crippen molar-refractivity contribution in [2.75, 3.05) is 12.4 Å². The maximum absolute atomic E-state index is 12.1. The third-order valence-electron chi connectivity index (χ3n) is 2.88. The third kappa shape index (κ3) is 3.26. The summed E-state index contributed by atoms with van der Waals surface area (Å²) in [5.41, 5.74) is 0.612. The molecule has 2 heterocycles. The lowest BCUT2D eigenvalue weighted by molar-refractivity contribution is 0.0588. The van der Waals surface area contributed by atoms with Gasteiger partial charge in [0, 0.05) is 11.6 Å². The van der Waals surface area contributed by atoms with Crippen LogP contribution in [0.15, 0.2) is 34.9 Å². The number of methoxy groups -OCH3 is 1. The average molecular weight is 365 g/mol. The standard InChI is InChI=1S/C14H9ClN4O4S/c1-22-13(21)9-6-10(23-19-9)11(20)16-14-18-17-12(24-14)7-4-2-3-5-8(7)15/h2-6H,1H3,(H,16,18,20). The van der Waals surface area contributed by atoms with Crippen LogP contribution in [0.4, 0.5) is 5.13 Å². The molecule has 24 heavy (non-hydrogen) atoms. The summed E-state index contributed by atoms with van der Waals surface area (Å²) in [7, 11) is 1.20. The van der Waals surface area contributed by atoms with E-state index in [0.29, 0.717) is 15.6 Å². The van der Waals surface area contributed by atoms with Crippen LogP contribution >= 0.6 is 22.9 Å². The first-order chi connectivity index (χ1) is 11.6. The molecule has 3 rings (SSSR count). The Kier molecular flexibility index (Phi) is 4.54. The van der Waals surface area contributed by atoms with E-state index in [0.717, 1.165) is 11.3 Å². The lowest BCUT2D eigenvalue weighted by atomic mass is 10.2. The Morgan fingerprint density at radius 3 is 2.83 bits per heavy atom. The predicted octanol–water partition coefficient (Wildman–Crippen LogP) is 2.89. The molecule has 0 saturated carbocycles. The van der Waals surface area contributed by atoms with Crippen LogP contribution in [0.3, 0.4) is 0 Å². The molecule has 0 aliphatic carbocycles. The van der Waals surface area contributed by atoms with Gasteiger partial charge >= 0.3 is 5.97 Å². The highest BCUT2D eigenvalue weighted by Gasteiger charge is 2.19. The molecule has 0 radical (unpaired) electrons. The van der Waals surface area contributed by atoms with Crippen LogP contribution in [0.2, 0.25) is 5.02 Å². The van der Waals surface area contributed by atoms with Gasteiger partial charge in [-0.15, -0.1) is 10.2 Å². The molecule has 8 nitrogen and oxygen atoms in total. The van der Waals surface area contributed by atoms with Gasteiger partial charge in [-0.1, -0.05) is 46.3 Å². The van der Waals surface area contributed by atoms with E-state index in [1.165, 1.54) is 13.2 Å². The van der Waals surface area contributed by atoms with E-state index in [2.05, 4.69) is 25.4 Å². The summed E-state index contributed by atoms with van der Waals surface area (Å²) in [6, 6.07) is 8.34. The molecule has 10 heteroatoms. The fourth-order valence-electron chi connectivity index (χ4n) is 1.76. The SMILES string of the molecule is COC(=O)c1cc(C(=O)Nc2nnc(-c3ccccc3Cl)s2)on1. The van der Waals surface area contributed by atoms with E-state index in [-0.39, 0.29) is 16.6 Å². The highest BCUT2D eigenvalue weighted by Crippen LogP contribution is 2.31. The smallest absolute Gasteiger partial charge is 0.360 e. The van der Waals surface area contributed by atoms with Gasteiger partial charge in [-0.05, 0) is 6.07 Å². The van der Waals surface area contributed by atoms with E-state index in [9.17, 15) is 9.59 Å². The zero-order valence-electron chi connectivity index (χ0n) is 12.1. The van der Waals surface area contributed by atoms with Crippen LogP contribution in [0, 0.1) is 0 Å². The van der Waals surface area contributed by atoms with Crippen molar-refractivity contribution in [3.05, 3.63) is 46.8 Å². The van der Waals surface area contributed by atoms with Crippen molar-refractivity contribution in [3.63, 3.8) is 0 Å². The number of aromatic nitrogens is 3. The molecule has 0 aliphatic heterocycles. The minimum absolute atomic E-state index is 0.100. The number of esters is 1. The number of anilines is 1. The van der Waals surface area contributed by atoms with Gasteiger partial charge in [-0.2, -0.15) is 0 Å². The number of carbonyl (C=O) groups excluding carboxylic acids is 2. The monoisotopic (exact) mass is 364 g/mol. The fourth-order valence-corrected chi connectivity index (χ4v) is 2.82. The summed E-state index contributed by atoms with van der Waals surface area (Å²) in [5.74, 6) is -1.46. The minimum atomic E-state index is -0.699. The number of nitrogens with zero attached hydrogens (tertiary/aromatic N) is 3. The summed E-state index contributed by atoms with van der Waals surface area (Å²) in [6.07, 6.45) is 0. The van der Waals surface area contributed by atoms with Gasteiger partial charge in [-0.25, -0.2) is 4.79 Å². The molecule has 0 unspecified atom stereocenters. The predicted molar refractivity (Wildman–Crippen MR) is 86.2 cm³/mol. The molecular formula is C14H9ClN4O4S. The number of hydrogen-bond acceptors (Lipinski definition) is 8. The maximum atomic E-state index is 12.1. The highest BCUT2D eigenvalue weighted by molar-refractivity contribution is 7.18. The molecule has 2 aromatic heterocycles. The quantitative estimate of drug-likeness (QED) is 0.709. The molecule has 0 saturated heterocycles. The number of carbonyl (C=O) groups is 2. The van der Waals surface area contributed by atoms with E-state index in [1.807, 2.05) is 6.07 Å². The van der Waals surface area contributed by atoms with Crippen molar-refractivity contribution in [2.45, 2.75) is 0 Å². The van der Waals surface area contributed by atoms with Gasteiger partial charge in [0.2, 0.25) is 10.9 Å². The highest BCUT2D eigenvalue weighted by atomic mass is 35.5. The normalized spacial score (nSPS) is 10.4. The van der Waals surface area contributed by atoms with Gasteiger partial charge in [0.25, 0.3) is 5.91 Å². The van der Waals surface area contributed by atoms with Crippen molar-refractivity contribution in [1.29, 1.82) is 0 Å². The zero-order chi connectivity index (χ0) is 17.1. The van der Waals surface area contributed by atoms with Crippen molar-refractivity contribution in [3.8, 4) is 10.6 Å². The number of halogens is 1. The molecule has 0 atom stereocenters. The number of nitrogens with one attached hydrogen (secondary N) is 1. The number of benzene rings is 1. The van der Waals surface area contributed by atoms with Crippen LogP contribution in [0.5, 0.6) is 0 Å². The Morgan fingerprint density at radius 2 is 2.08 bits per heavy atom. The second-order valence-corrected chi connectivity index (χ2v) is 5.80. The second-order valence-electron chi connectivity index (χ2n) is 4.41. The molecule has 1 aromatic carbocycles. The van der Waals surface area contributed by atoms with Crippen molar-refractivity contribution >= 4 is 39.9 Å². The summed E-state index contributed by atoms with van der Waals surface area (Å²) >= 11 is 7.25. The van der Waals surface area contributed by atoms with E-state index in [1.54, 1.807) is 18.2 Å². The molecule has 0 spiro atoms. The molecular weight excluding hydrogens is 356 g/mol. The summed E-state index contributed by atoms with van der Waals surface area (Å²) in [6.45, 7) is 0. The Labute approximate surface area is 144 Å². The average Bonchev–Trinajstić information content (AvgIpc) is 3.24. The van der Waals surface area contributed by atoms with Crippen molar-refractivity contribution < 1.29 is 18.8 Å². The fraction of sp³-hybridized carbons (Fsp3) is 0.0714. The van der Waals surface area contributed by atoms with Crippen LogP contribution in [-0.2, 0) is 4.74 Å². The lowest BCUT2D eigenvalue weighted by Crippen LogP contribution is -2.10. The van der Waals surface area contributed by atoms with Gasteiger partial charge in [0.1, 0.15) is 0 Å². The topological polar surface area (TPSA) is 107 Å². The van der Waals surface area contributed by atoms with E-state index < -0.39 is 11.9 Å². The number of hydrogen-bond donors (Lipinski definition) is 1. The first kappa shape index (κ1) is 16.1. The molecule has 0 bridgehead atoms. The van der Waals surface area contributed by atoms with Crippen molar-refractivity contribution in [2.24, 2.45) is 0 Å². The first-order valence-electron chi connectivity index (χ1n) is 6.53. The largest absolute Gasteiger partial charge is 0.464 e. The molecule has 122 valence electrons. The van der Waals surface area contributed by atoms with Gasteiger partial charge in [-0.3, -0.25) is 10.1 Å². The minimum Gasteiger partial charge on any atom is -0.464 e. The third-order valence-corrected chi connectivity index (χ3v) is 4.08. The Hall–Kier alpha value is -2.78. The van der Waals surface area contributed by atoms with Gasteiger partial charge < -0.3 is 9.26 Å². The maximum Gasteiger partial charge on any atom is 0.360 e. The Balaban J connectivity index is 1.75. The van der Waals surface area contributed by atoms with Crippen LogP contribution in [0.25, 0.3) is 10.6 Å². The zero-order valence-corrected chi connectivity index (χ0v) is 13.7. The number of rotatable bonds is 4. The van der Waals surface area contributed by atoms with Gasteiger partial charge in [0.05, 0.1) is 12.1 Å². The number of ether oxygens (including phenoxy) is 1. The molecule has 3 aromatic rings. The molecule has 1 N–H and O–H groups in total. The summed E-state index contributed by atoms with van der Waals surface area (Å²) < 4.78 is 9.29. The Morgan fingerprint density at radius 1 is 1.29 bits per heavy atom. The number of amides is 1. The lowest BCUT2D eigenvalue weighted by Gasteiger charge is -1.97. The van der Waals surface area contributed by atoms with E-state index >= 15 is 0 Å². The van der Waals surface area contributed by atoms with Crippen molar-refractivity contribution in [1.82, 2.24) is 15.4 Å². The van der Waals surface area contributed by atoms with Crippen LogP contribution < -0.4 is 5.32 Å². The van der Waals surface area contributed by atoms with Crippen LogP contribution in [-0.4, -0.2) is 34.3 Å². The van der Waals surface area contributed by atoms with Crippen LogP contribution in [0.1, 0.15) is 21.0 Å². The molecule has 1 amide bonds. The molecule has 0 aliphatic rings. The van der Waals surface area contributed by atoms with Gasteiger partial charge in [0.15, 0.2) is 10.7 Å². The summed E-state index contributed by atoms with van der Waals surface area (Å²) in [4.78, 5) is 23.4. The van der Waals surface area contributed by atoms with E-state index in [4.69, 9.17) is 16.1 Å².